The lowest BCUT2D eigenvalue weighted by atomic mass is 9.93. The predicted molar refractivity (Wildman–Crippen MR) is 157 cm³/mol. The zero-order valence-corrected chi connectivity index (χ0v) is 23.2. The lowest BCUT2D eigenvalue weighted by Gasteiger charge is -2.30. The van der Waals surface area contributed by atoms with E-state index in [1.54, 1.807) is 53.4 Å². The van der Waals surface area contributed by atoms with Crippen molar-refractivity contribution in [3.05, 3.63) is 131 Å². The maximum Gasteiger partial charge on any atom is 0.305 e. The highest BCUT2D eigenvalue weighted by molar-refractivity contribution is 6.06. The van der Waals surface area contributed by atoms with E-state index in [1.807, 2.05) is 37.3 Å². The Hall–Kier alpha value is -4.85. The monoisotopic (exact) mass is 570 g/mol. The number of rotatable bonds is 12. The molecule has 0 aliphatic heterocycles. The highest BCUT2D eigenvalue weighted by Gasteiger charge is 2.26. The third-order valence-corrected chi connectivity index (χ3v) is 7.05. The van der Waals surface area contributed by atoms with Crippen LogP contribution in [0.5, 0.6) is 0 Å². The number of amides is 2. The fraction of sp³-hybridized carbons (Fsp3) is 0.206. The summed E-state index contributed by atoms with van der Waals surface area (Å²) in [6.07, 6.45) is 1.15. The van der Waals surface area contributed by atoms with Crippen LogP contribution in [0, 0.1) is 11.6 Å². The van der Waals surface area contributed by atoms with E-state index < -0.39 is 23.5 Å². The van der Waals surface area contributed by atoms with Gasteiger partial charge in [-0.25, -0.2) is 8.78 Å². The van der Waals surface area contributed by atoms with Gasteiger partial charge in [-0.1, -0.05) is 66.7 Å². The molecule has 0 saturated carbocycles. The maximum absolute atomic E-state index is 14.0. The van der Waals surface area contributed by atoms with Crippen LogP contribution in [0.15, 0.2) is 97.1 Å². The Morgan fingerprint density at radius 1 is 0.786 bits per heavy atom. The predicted octanol–water partition coefficient (Wildman–Crippen LogP) is 6.50. The number of benzene rings is 4. The van der Waals surface area contributed by atoms with Crippen molar-refractivity contribution in [1.29, 1.82) is 0 Å². The number of hydrogen-bond donors (Lipinski definition) is 2. The standard InChI is InChI=1S/C34H32F2N2O4/c1-23(15-16-24-9-3-2-4-10-24)38(18-17-32(39)40)34(42)31-14-8-6-12-29(31)28-11-5-7-13-30(28)33(41)37-22-25-19-26(35)21-27(36)20-25/h2-14,19-21,23H,15-18,22H2,1H3,(H,37,41)(H,39,40). The van der Waals surface area contributed by atoms with Gasteiger partial charge in [0.15, 0.2) is 0 Å². The molecule has 0 aliphatic carbocycles. The van der Waals surface area contributed by atoms with E-state index in [0.717, 1.165) is 30.2 Å². The molecule has 2 amide bonds. The van der Waals surface area contributed by atoms with Crippen molar-refractivity contribution in [2.75, 3.05) is 6.54 Å². The van der Waals surface area contributed by atoms with E-state index in [9.17, 15) is 28.3 Å². The van der Waals surface area contributed by atoms with Gasteiger partial charge in [-0.3, -0.25) is 14.4 Å². The Bertz CT molecular complexity index is 1540. The van der Waals surface area contributed by atoms with Crippen molar-refractivity contribution >= 4 is 17.8 Å². The first-order valence-corrected chi connectivity index (χ1v) is 13.7. The van der Waals surface area contributed by atoms with Gasteiger partial charge in [0.05, 0.1) is 6.42 Å². The molecule has 0 saturated heterocycles. The molecule has 0 aromatic heterocycles. The number of aliphatic carboxylic acids is 1. The Kier molecular flexibility index (Phi) is 10.2. The van der Waals surface area contributed by atoms with Crippen molar-refractivity contribution in [3.63, 3.8) is 0 Å². The number of aryl methyl sites for hydroxylation is 1. The van der Waals surface area contributed by atoms with Crippen molar-refractivity contribution in [1.82, 2.24) is 10.2 Å². The average molecular weight is 571 g/mol. The van der Waals surface area contributed by atoms with Crippen LogP contribution >= 0.6 is 0 Å². The molecule has 1 unspecified atom stereocenters. The molecule has 4 aromatic rings. The maximum atomic E-state index is 14.0. The molecule has 42 heavy (non-hydrogen) atoms. The molecule has 4 rings (SSSR count). The lowest BCUT2D eigenvalue weighted by Crippen LogP contribution is -2.40. The number of carbonyl (C=O) groups excluding carboxylic acids is 2. The van der Waals surface area contributed by atoms with E-state index >= 15 is 0 Å². The number of carbonyl (C=O) groups is 3. The number of hydrogen-bond acceptors (Lipinski definition) is 3. The summed E-state index contributed by atoms with van der Waals surface area (Å²) >= 11 is 0. The first-order chi connectivity index (χ1) is 20.2. The van der Waals surface area contributed by atoms with Gasteiger partial charge in [-0.2, -0.15) is 0 Å². The summed E-state index contributed by atoms with van der Waals surface area (Å²) in [5.41, 5.74) is 3.02. The van der Waals surface area contributed by atoms with Gasteiger partial charge in [-0.05, 0) is 66.3 Å². The highest BCUT2D eigenvalue weighted by Crippen LogP contribution is 2.29. The molecule has 0 heterocycles. The summed E-state index contributed by atoms with van der Waals surface area (Å²) in [6, 6.07) is 26.3. The van der Waals surface area contributed by atoms with E-state index in [-0.39, 0.29) is 42.6 Å². The molecule has 0 bridgehead atoms. The average Bonchev–Trinajstić information content (AvgIpc) is 2.98. The Balaban J connectivity index is 1.60. The minimum atomic E-state index is -1.00. The minimum absolute atomic E-state index is 0.0325. The minimum Gasteiger partial charge on any atom is -0.481 e. The van der Waals surface area contributed by atoms with E-state index in [2.05, 4.69) is 5.32 Å². The van der Waals surface area contributed by atoms with Crippen LogP contribution in [-0.4, -0.2) is 40.4 Å². The van der Waals surface area contributed by atoms with Crippen LogP contribution < -0.4 is 5.32 Å². The quantitative estimate of drug-likeness (QED) is 0.204. The molecule has 0 aliphatic rings. The van der Waals surface area contributed by atoms with Crippen molar-refractivity contribution < 1.29 is 28.3 Å². The lowest BCUT2D eigenvalue weighted by molar-refractivity contribution is -0.137. The van der Waals surface area contributed by atoms with Gasteiger partial charge in [0, 0.05) is 36.3 Å². The summed E-state index contributed by atoms with van der Waals surface area (Å²) in [4.78, 5) is 40.3. The fourth-order valence-electron chi connectivity index (χ4n) is 4.88. The molecule has 1 atom stereocenters. The molecule has 0 fully saturated rings. The zero-order chi connectivity index (χ0) is 30.1. The second kappa shape index (κ2) is 14.2. The van der Waals surface area contributed by atoms with Gasteiger partial charge in [0.1, 0.15) is 11.6 Å². The fourth-order valence-corrected chi connectivity index (χ4v) is 4.88. The van der Waals surface area contributed by atoms with Crippen molar-refractivity contribution in [2.24, 2.45) is 0 Å². The van der Waals surface area contributed by atoms with Gasteiger partial charge in [0.2, 0.25) is 0 Å². The van der Waals surface area contributed by atoms with Crippen LogP contribution in [0.3, 0.4) is 0 Å². The third-order valence-electron chi connectivity index (χ3n) is 7.05. The molecule has 6 nitrogen and oxygen atoms in total. The zero-order valence-electron chi connectivity index (χ0n) is 23.2. The second-order valence-corrected chi connectivity index (χ2v) is 10.1. The highest BCUT2D eigenvalue weighted by atomic mass is 19.1. The van der Waals surface area contributed by atoms with E-state index in [0.29, 0.717) is 23.1 Å². The normalized spacial score (nSPS) is 11.5. The van der Waals surface area contributed by atoms with E-state index in [4.69, 9.17) is 0 Å². The SMILES string of the molecule is CC(CCc1ccccc1)N(CCC(=O)O)C(=O)c1ccccc1-c1ccccc1C(=O)NCc1cc(F)cc(F)c1. The first-order valence-electron chi connectivity index (χ1n) is 13.7. The van der Waals surface area contributed by atoms with Gasteiger partial charge < -0.3 is 15.3 Å². The van der Waals surface area contributed by atoms with Crippen LogP contribution in [0.25, 0.3) is 11.1 Å². The molecule has 2 N–H and O–H groups in total. The molecule has 216 valence electrons. The van der Waals surface area contributed by atoms with Gasteiger partial charge in [-0.15, -0.1) is 0 Å². The van der Waals surface area contributed by atoms with Crippen LogP contribution in [0.1, 0.15) is 51.6 Å². The van der Waals surface area contributed by atoms with Crippen molar-refractivity contribution in [3.8, 4) is 11.1 Å². The number of halogens is 2. The molecule has 4 aromatic carbocycles. The van der Waals surface area contributed by atoms with Crippen LogP contribution in [0.2, 0.25) is 0 Å². The largest absolute Gasteiger partial charge is 0.481 e. The summed E-state index contributed by atoms with van der Waals surface area (Å²) in [5.74, 6) is -3.29. The molecular weight excluding hydrogens is 538 g/mol. The van der Waals surface area contributed by atoms with Crippen LogP contribution in [-0.2, 0) is 17.8 Å². The smallest absolute Gasteiger partial charge is 0.305 e. The van der Waals surface area contributed by atoms with Crippen molar-refractivity contribution in [2.45, 2.75) is 38.8 Å². The molecule has 0 spiro atoms. The molecule has 8 heteroatoms. The topological polar surface area (TPSA) is 86.7 Å². The third kappa shape index (κ3) is 7.87. The summed E-state index contributed by atoms with van der Waals surface area (Å²) in [5, 5.41) is 12.1. The number of carboxylic acids is 1. The number of nitrogens with one attached hydrogen (secondary N) is 1. The summed E-state index contributed by atoms with van der Waals surface area (Å²) < 4.78 is 27.2. The molecular formula is C34H32F2N2O4. The second-order valence-electron chi connectivity index (χ2n) is 10.1. The Morgan fingerprint density at radius 2 is 1.36 bits per heavy atom. The Morgan fingerprint density at radius 3 is 2.00 bits per heavy atom. The molecule has 0 radical (unpaired) electrons. The van der Waals surface area contributed by atoms with Crippen LogP contribution in [0.4, 0.5) is 8.78 Å². The number of nitrogens with zero attached hydrogens (tertiary/aromatic N) is 1. The van der Waals surface area contributed by atoms with Gasteiger partial charge >= 0.3 is 5.97 Å². The first kappa shape index (κ1) is 30.1. The number of carboxylic acid groups (broad SMARTS) is 1. The summed E-state index contributed by atoms with van der Waals surface area (Å²) in [6.45, 7) is 1.84. The van der Waals surface area contributed by atoms with Gasteiger partial charge in [0.25, 0.3) is 11.8 Å². The van der Waals surface area contributed by atoms with E-state index in [1.165, 1.54) is 0 Å². The Labute approximate surface area is 243 Å². The summed E-state index contributed by atoms with van der Waals surface area (Å²) in [7, 11) is 0.